The van der Waals surface area contributed by atoms with Crippen LogP contribution < -0.4 is 5.32 Å². The van der Waals surface area contributed by atoms with Gasteiger partial charge in [-0.2, -0.15) is 0 Å². The van der Waals surface area contributed by atoms with Gasteiger partial charge in [0.2, 0.25) is 5.91 Å². The first kappa shape index (κ1) is 16.4. The van der Waals surface area contributed by atoms with Gasteiger partial charge in [-0.3, -0.25) is 4.79 Å². The third kappa shape index (κ3) is 4.09. The molecule has 1 fully saturated rings. The molecule has 7 heteroatoms. The van der Waals surface area contributed by atoms with E-state index < -0.39 is 9.84 Å². The lowest BCUT2D eigenvalue weighted by Gasteiger charge is -2.12. The van der Waals surface area contributed by atoms with E-state index >= 15 is 0 Å². The third-order valence-corrected chi connectivity index (χ3v) is 7.17. The largest absolute Gasteiger partial charge is 0.459 e. The molecule has 1 aromatic carbocycles. The molecule has 23 heavy (non-hydrogen) atoms. The van der Waals surface area contributed by atoms with Crippen LogP contribution in [0.15, 0.2) is 34.7 Å². The van der Waals surface area contributed by atoms with Crippen molar-refractivity contribution in [1.82, 2.24) is 5.32 Å². The molecular formula is C16H19NO4S2. The Morgan fingerprint density at radius 2 is 2.22 bits per heavy atom. The van der Waals surface area contributed by atoms with Crippen LogP contribution in [0.5, 0.6) is 0 Å². The van der Waals surface area contributed by atoms with Gasteiger partial charge in [0, 0.05) is 10.6 Å². The van der Waals surface area contributed by atoms with Gasteiger partial charge in [-0.15, -0.1) is 11.8 Å². The molecule has 3 rings (SSSR count). The highest BCUT2D eigenvalue weighted by Crippen LogP contribution is 2.25. The minimum Gasteiger partial charge on any atom is -0.459 e. The molecule has 2 aromatic rings. The number of carbonyl (C=O) groups excluding carboxylic acids is 1. The second-order valence-corrected chi connectivity index (χ2v) is 9.33. The number of carbonyl (C=O) groups is 1. The van der Waals surface area contributed by atoms with Crippen molar-refractivity contribution < 1.29 is 17.6 Å². The van der Waals surface area contributed by atoms with E-state index in [9.17, 15) is 13.2 Å². The Labute approximate surface area is 139 Å². The first-order valence-electron chi connectivity index (χ1n) is 7.53. The van der Waals surface area contributed by atoms with E-state index in [2.05, 4.69) is 5.32 Å². The monoisotopic (exact) mass is 353 g/mol. The minimum atomic E-state index is -2.89. The zero-order chi connectivity index (χ0) is 16.4. The van der Waals surface area contributed by atoms with E-state index in [1.807, 2.05) is 37.3 Å². The SMILES string of the molecule is C[C@@H](NC(=O)CS[C@@H]1CCS(=O)(=O)C1)c1cc2ccccc2o1. The molecular weight excluding hydrogens is 334 g/mol. The summed E-state index contributed by atoms with van der Waals surface area (Å²) in [5, 5.41) is 3.94. The Morgan fingerprint density at radius 3 is 2.91 bits per heavy atom. The first-order valence-corrected chi connectivity index (χ1v) is 10.4. The van der Waals surface area contributed by atoms with Crippen LogP contribution in [0.3, 0.4) is 0 Å². The van der Waals surface area contributed by atoms with Gasteiger partial charge < -0.3 is 9.73 Å². The molecule has 0 aliphatic carbocycles. The smallest absolute Gasteiger partial charge is 0.230 e. The fourth-order valence-electron chi connectivity index (χ4n) is 2.66. The Hall–Kier alpha value is -1.47. The lowest BCUT2D eigenvalue weighted by Crippen LogP contribution is -2.28. The van der Waals surface area contributed by atoms with Crippen molar-refractivity contribution in [1.29, 1.82) is 0 Å². The van der Waals surface area contributed by atoms with E-state index in [1.165, 1.54) is 11.8 Å². The number of benzene rings is 1. The maximum atomic E-state index is 12.0. The summed E-state index contributed by atoms with van der Waals surface area (Å²) in [4.78, 5) is 12.0. The number of rotatable bonds is 5. The molecule has 0 unspecified atom stereocenters. The van der Waals surface area contributed by atoms with E-state index in [0.717, 1.165) is 11.0 Å². The van der Waals surface area contributed by atoms with Crippen molar-refractivity contribution >= 4 is 38.5 Å². The van der Waals surface area contributed by atoms with Gasteiger partial charge in [0.15, 0.2) is 9.84 Å². The number of amides is 1. The number of hydrogen-bond acceptors (Lipinski definition) is 5. The van der Waals surface area contributed by atoms with Crippen LogP contribution in [-0.4, -0.2) is 36.8 Å². The van der Waals surface area contributed by atoms with Crippen LogP contribution in [0.2, 0.25) is 0 Å². The van der Waals surface area contributed by atoms with Crippen molar-refractivity contribution in [2.45, 2.75) is 24.6 Å². The van der Waals surface area contributed by atoms with Crippen LogP contribution in [0.4, 0.5) is 0 Å². The standard InChI is InChI=1S/C16H19NO4S2/c1-11(15-8-12-4-2-3-5-14(12)21-15)17-16(18)9-22-13-6-7-23(19,20)10-13/h2-5,8,11,13H,6-7,9-10H2,1H3,(H,17,18)/t11-,13-/m1/s1. The number of nitrogens with one attached hydrogen (secondary N) is 1. The van der Waals surface area contributed by atoms with Gasteiger partial charge in [0.05, 0.1) is 23.3 Å². The fourth-order valence-corrected chi connectivity index (χ4v) is 6.11. The lowest BCUT2D eigenvalue weighted by molar-refractivity contribution is -0.119. The second kappa shape index (κ2) is 6.57. The van der Waals surface area contributed by atoms with Crippen molar-refractivity contribution in [2.24, 2.45) is 0 Å². The number of para-hydroxylation sites is 1. The van der Waals surface area contributed by atoms with Gasteiger partial charge in [-0.25, -0.2) is 8.42 Å². The molecule has 0 bridgehead atoms. The minimum absolute atomic E-state index is 0.0345. The molecule has 1 amide bonds. The summed E-state index contributed by atoms with van der Waals surface area (Å²) in [5.41, 5.74) is 0.800. The molecule has 0 saturated carbocycles. The topological polar surface area (TPSA) is 76.4 Å². The van der Waals surface area contributed by atoms with Crippen LogP contribution in [-0.2, 0) is 14.6 Å². The molecule has 1 aliphatic heterocycles. The van der Waals surface area contributed by atoms with Crippen LogP contribution in [0.1, 0.15) is 25.1 Å². The van der Waals surface area contributed by atoms with E-state index in [0.29, 0.717) is 12.2 Å². The summed E-state index contributed by atoms with van der Waals surface area (Å²) in [6, 6.07) is 9.42. The quantitative estimate of drug-likeness (QED) is 0.894. The number of sulfone groups is 1. The number of fused-ring (bicyclic) bond motifs is 1. The Kier molecular flexibility index (Phi) is 4.68. The highest BCUT2D eigenvalue weighted by molar-refractivity contribution is 8.02. The predicted octanol–water partition coefficient (Wildman–Crippen LogP) is 2.53. The van der Waals surface area contributed by atoms with Crippen LogP contribution in [0, 0.1) is 0 Å². The number of thioether (sulfide) groups is 1. The zero-order valence-corrected chi connectivity index (χ0v) is 14.5. The highest BCUT2D eigenvalue weighted by atomic mass is 32.2. The van der Waals surface area contributed by atoms with Crippen molar-refractivity contribution in [3.8, 4) is 0 Å². The Balaban J connectivity index is 1.53. The Morgan fingerprint density at radius 1 is 1.43 bits per heavy atom. The molecule has 1 saturated heterocycles. The molecule has 1 aliphatic rings. The molecule has 1 N–H and O–H groups in total. The number of furan rings is 1. The van der Waals surface area contributed by atoms with Gasteiger partial charge in [-0.05, 0) is 25.5 Å². The summed E-state index contributed by atoms with van der Waals surface area (Å²) >= 11 is 1.41. The average Bonchev–Trinajstić information content (AvgIpc) is 3.08. The van der Waals surface area contributed by atoms with Crippen molar-refractivity contribution in [3.05, 3.63) is 36.1 Å². The fraction of sp³-hybridized carbons (Fsp3) is 0.438. The molecule has 124 valence electrons. The molecule has 5 nitrogen and oxygen atoms in total. The van der Waals surface area contributed by atoms with E-state index in [-0.39, 0.29) is 34.5 Å². The first-order chi connectivity index (χ1) is 10.9. The molecule has 0 radical (unpaired) electrons. The summed E-state index contributed by atoms with van der Waals surface area (Å²) < 4.78 is 28.5. The van der Waals surface area contributed by atoms with Gasteiger partial charge in [-0.1, -0.05) is 18.2 Å². The molecule has 0 spiro atoms. The second-order valence-electron chi connectivity index (χ2n) is 5.81. The molecule has 1 aromatic heterocycles. The third-order valence-electron chi connectivity index (χ3n) is 3.89. The zero-order valence-electron chi connectivity index (χ0n) is 12.8. The summed E-state index contributed by atoms with van der Waals surface area (Å²) in [6.45, 7) is 1.88. The van der Waals surface area contributed by atoms with Gasteiger partial charge in [0.25, 0.3) is 0 Å². The molecule has 2 heterocycles. The normalized spacial score (nSPS) is 21.3. The highest BCUT2D eigenvalue weighted by Gasteiger charge is 2.28. The van der Waals surface area contributed by atoms with Crippen molar-refractivity contribution in [2.75, 3.05) is 17.3 Å². The van der Waals surface area contributed by atoms with Crippen LogP contribution in [0.25, 0.3) is 11.0 Å². The van der Waals surface area contributed by atoms with E-state index in [1.54, 1.807) is 0 Å². The van der Waals surface area contributed by atoms with Crippen LogP contribution >= 0.6 is 11.8 Å². The maximum absolute atomic E-state index is 12.0. The number of hydrogen-bond donors (Lipinski definition) is 1. The Bertz CT molecular complexity index is 779. The molecule has 2 atom stereocenters. The van der Waals surface area contributed by atoms with Gasteiger partial charge >= 0.3 is 0 Å². The average molecular weight is 353 g/mol. The summed E-state index contributed by atoms with van der Waals surface area (Å²) in [7, 11) is -2.89. The lowest BCUT2D eigenvalue weighted by atomic mass is 10.2. The summed E-state index contributed by atoms with van der Waals surface area (Å²) in [5.74, 6) is 1.30. The maximum Gasteiger partial charge on any atom is 0.230 e. The summed E-state index contributed by atoms with van der Waals surface area (Å²) in [6.07, 6.45) is 0.638. The van der Waals surface area contributed by atoms with Crippen molar-refractivity contribution in [3.63, 3.8) is 0 Å². The van der Waals surface area contributed by atoms with Gasteiger partial charge in [0.1, 0.15) is 11.3 Å². The predicted molar refractivity (Wildman–Crippen MR) is 92.3 cm³/mol. The van der Waals surface area contributed by atoms with E-state index in [4.69, 9.17) is 4.42 Å².